The average Bonchev–Trinajstić information content (AvgIpc) is 3.23. The van der Waals surface area contributed by atoms with Crippen molar-refractivity contribution in [3.8, 4) is 0 Å². The van der Waals surface area contributed by atoms with Crippen LogP contribution in [-0.2, 0) is 4.74 Å². The highest BCUT2D eigenvalue weighted by Gasteiger charge is 2.49. The summed E-state index contributed by atoms with van der Waals surface area (Å²) in [6, 6.07) is 4.12. The quantitative estimate of drug-likeness (QED) is 0.816. The molecule has 146 valence electrons. The lowest BCUT2D eigenvalue weighted by molar-refractivity contribution is 0.0553. The predicted molar refractivity (Wildman–Crippen MR) is 102 cm³/mol. The van der Waals surface area contributed by atoms with Crippen LogP contribution in [0, 0.1) is 0 Å². The van der Waals surface area contributed by atoms with Gasteiger partial charge in [0.25, 0.3) is 5.91 Å². The highest BCUT2D eigenvalue weighted by molar-refractivity contribution is 5.99. The van der Waals surface area contributed by atoms with Crippen LogP contribution in [0.5, 0.6) is 0 Å². The second-order valence-electron chi connectivity index (χ2n) is 8.16. The van der Waals surface area contributed by atoms with E-state index in [0.29, 0.717) is 37.7 Å². The highest BCUT2D eigenvalue weighted by atomic mass is 16.6. The lowest BCUT2D eigenvalue weighted by Gasteiger charge is -2.33. The van der Waals surface area contributed by atoms with Crippen LogP contribution in [0.15, 0.2) is 18.3 Å². The summed E-state index contributed by atoms with van der Waals surface area (Å²) in [7, 11) is 3.79. The van der Waals surface area contributed by atoms with Gasteiger partial charge in [0.05, 0.1) is 18.7 Å². The summed E-state index contributed by atoms with van der Waals surface area (Å²) in [6.07, 6.45) is 8.20. The molecule has 1 aliphatic carbocycles. The molecule has 1 atom stereocenters. The van der Waals surface area contributed by atoms with E-state index in [2.05, 4.69) is 9.88 Å². The maximum absolute atomic E-state index is 13.3. The molecule has 0 aromatic carbocycles. The first kappa shape index (κ1) is 18.1. The normalized spacial score (nSPS) is 25.9. The van der Waals surface area contributed by atoms with Crippen LogP contribution < -0.4 is 4.90 Å². The molecule has 0 bridgehead atoms. The first-order valence-corrected chi connectivity index (χ1v) is 9.90. The van der Waals surface area contributed by atoms with Crippen LogP contribution in [0.4, 0.5) is 10.6 Å². The van der Waals surface area contributed by atoms with Gasteiger partial charge in [-0.3, -0.25) is 4.79 Å². The van der Waals surface area contributed by atoms with E-state index in [1.165, 1.54) is 19.3 Å². The molecule has 0 N–H and O–H groups in total. The number of hydrogen-bond donors (Lipinski definition) is 0. The Morgan fingerprint density at radius 1 is 1.30 bits per heavy atom. The number of likely N-dealkylation sites (tertiary alicyclic amines) is 1. The number of amides is 2. The van der Waals surface area contributed by atoms with Crippen molar-refractivity contribution in [2.45, 2.75) is 50.2 Å². The molecule has 1 aromatic heterocycles. The van der Waals surface area contributed by atoms with Crippen LogP contribution in [0.2, 0.25) is 0 Å². The number of nitrogens with zero attached hydrogens (tertiary/aromatic N) is 4. The lowest BCUT2D eigenvalue weighted by Crippen LogP contribution is -2.40. The van der Waals surface area contributed by atoms with Gasteiger partial charge >= 0.3 is 6.09 Å². The molecule has 2 saturated heterocycles. The Bertz CT molecular complexity index is 734. The van der Waals surface area contributed by atoms with E-state index in [9.17, 15) is 9.59 Å². The number of aromatic nitrogens is 1. The molecule has 1 aromatic rings. The van der Waals surface area contributed by atoms with Gasteiger partial charge in [-0.25, -0.2) is 9.78 Å². The monoisotopic (exact) mass is 372 g/mol. The minimum atomic E-state index is -0.556. The molecule has 3 aliphatic rings. The lowest BCUT2D eigenvalue weighted by atomic mass is 9.94. The topological polar surface area (TPSA) is 66.0 Å². The van der Waals surface area contributed by atoms with Crippen LogP contribution in [0.25, 0.3) is 0 Å². The van der Waals surface area contributed by atoms with E-state index < -0.39 is 5.60 Å². The third-order valence-electron chi connectivity index (χ3n) is 6.22. The molecule has 7 heteroatoms. The molecule has 2 amide bonds. The Balaban J connectivity index is 1.52. The van der Waals surface area contributed by atoms with Crippen molar-refractivity contribution < 1.29 is 14.3 Å². The highest BCUT2D eigenvalue weighted by Crippen LogP contribution is 2.34. The van der Waals surface area contributed by atoms with E-state index >= 15 is 0 Å². The predicted octanol–water partition coefficient (Wildman–Crippen LogP) is 2.52. The molecule has 0 radical (unpaired) electrons. The Labute approximate surface area is 160 Å². The summed E-state index contributed by atoms with van der Waals surface area (Å²) in [4.78, 5) is 35.2. The summed E-state index contributed by atoms with van der Waals surface area (Å²) >= 11 is 0. The number of pyridine rings is 1. The molecule has 1 saturated carbocycles. The zero-order chi connectivity index (χ0) is 19.0. The molecule has 4 rings (SSSR count). The number of likely N-dealkylation sites (N-methyl/N-ethyl adjacent to an activating group) is 1. The summed E-state index contributed by atoms with van der Waals surface area (Å²) < 4.78 is 5.58. The standard InChI is InChI=1S/C20H28N4O3/c1-22-13-20(27-19(22)26)10-12-24(14-20)18(25)16-9-6-11-21-17(16)23(2)15-7-4-3-5-8-15/h6,9,11,15H,3-5,7-8,10,12-14H2,1-2H3/t20-/m1/s1. The molecule has 0 unspecified atom stereocenters. The first-order valence-electron chi connectivity index (χ1n) is 9.90. The van der Waals surface area contributed by atoms with E-state index in [0.717, 1.165) is 18.7 Å². The fraction of sp³-hybridized carbons (Fsp3) is 0.650. The zero-order valence-electron chi connectivity index (χ0n) is 16.2. The van der Waals surface area contributed by atoms with Gasteiger partial charge in [0.2, 0.25) is 0 Å². The van der Waals surface area contributed by atoms with Crippen molar-refractivity contribution in [1.29, 1.82) is 0 Å². The fourth-order valence-electron chi connectivity index (χ4n) is 4.68. The Kier molecular flexibility index (Phi) is 4.70. The van der Waals surface area contributed by atoms with Gasteiger partial charge in [-0.15, -0.1) is 0 Å². The van der Waals surface area contributed by atoms with Gasteiger partial charge in [-0.05, 0) is 25.0 Å². The van der Waals surface area contributed by atoms with Gasteiger partial charge in [-0.1, -0.05) is 19.3 Å². The second-order valence-corrected chi connectivity index (χ2v) is 8.16. The number of anilines is 1. The van der Waals surface area contributed by atoms with Gasteiger partial charge in [0.1, 0.15) is 5.82 Å². The van der Waals surface area contributed by atoms with Crippen LogP contribution in [-0.4, -0.2) is 72.2 Å². The molecule has 3 heterocycles. The molecule has 1 spiro atoms. The van der Waals surface area contributed by atoms with Gasteiger partial charge in [-0.2, -0.15) is 0 Å². The molecular formula is C20H28N4O3. The molecule has 27 heavy (non-hydrogen) atoms. The maximum atomic E-state index is 13.3. The Morgan fingerprint density at radius 2 is 2.07 bits per heavy atom. The van der Waals surface area contributed by atoms with E-state index in [1.807, 2.05) is 24.1 Å². The van der Waals surface area contributed by atoms with Crippen LogP contribution in [0.3, 0.4) is 0 Å². The Morgan fingerprint density at radius 3 is 2.78 bits per heavy atom. The third kappa shape index (κ3) is 3.35. The van der Waals surface area contributed by atoms with Crippen molar-refractivity contribution in [3.63, 3.8) is 0 Å². The zero-order valence-corrected chi connectivity index (χ0v) is 16.2. The van der Waals surface area contributed by atoms with E-state index in [4.69, 9.17) is 4.74 Å². The number of ether oxygens (including phenoxy) is 1. The fourth-order valence-corrected chi connectivity index (χ4v) is 4.68. The minimum absolute atomic E-state index is 0.0248. The molecule has 2 aliphatic heterocycles. The van der Waals surface area contributed by atoms with Crippen molar-refractivity contribution in [2.24, 2.45) is 0 Å². The summed E-state index contributed by atoms with van der Waals surface area (Å²) in [6.45, 7) is 1.59. The average molecular weight is 372 g/mol. The smallest absolute Gasteiger partial charge is 0.410 e. The summed E-state index contributed by atoms with van der Waals surface area (Å²) in [5.74, 6) is 0.735. The van der Waals surface area contributed by atoms with E-state index in [1.54, 1.807) is 18.1 Å². The third-order valence-corrected chi connectivity index (χ3v) is 6.22. The van der Waals surface area contributed by atoms with Crippen molar-refractivity contribution in [3.05, 3.63) is 23.9 Å². The number of hydrogen-bond acceptors (Lipinski definition) is 5. The van der Waals surface area contributed by atoms with Gasteiger partial charge < -0.3 is 19.4 Å². The first-order chi connectivity index (χ1) is 13.0. The molecule has 7 nitrogen and oxygen atoms in total. The minimum Gasteiger partial charge on any atom is -0.439 e. The van der Waals surface area contributed by atoms with Crippen molar-refractivity contribution in [1.82, 2.24) is 14.8 Å². The molecule has 3 fully saturated rings. The van der Waals surface area contributed by atoms with Crippen LogP contribution in [0.1, 0.15) is 48.9 Å². The number of carbonyl (C=O) groups is 2. The number of rotatable bonds is 3. The van der Waals surface area contributed by atoms with Gasteiger partial charge in [0, 0.05) is 39.3 Å². The second kappa shape index (κ2) is 7.02. The maximum Gasteiger partial charge on any atom is 0.410 e. The SMILES string of the molecule is CN1C[C@@]2(CCN(C(=O)c3cccnc3N(C)C3CCCCC3)C2)OC1=O. The van der Waals surface area contributed by atoms with Crippen molar-refractivity contribution >= 4 is 17.8 Å². The Hall–Kier alpha value is -2.31. The van der Waals surface area contributed by atoms with Gasteiger partial charge in [0.15, 0.2) is 5.60 Å². The molecular weight excluding hydrogens is 344 g/mol. The number of carbonyl (C=O) groups excluding carboxylic acids is 2. The largest absolute Gasteiger partial charge is 0.439 e. The van der Waals surface area contributed by atoms with E-state index in [-0.39, 0.29) is 12.0 Å². The van der Waals surface area contributed by atoms with Crippen molar-refractivity contribution in [2.75, 3.05) is 38.6 Å². The summed E-state index contributed by atoms with van der Waals surface area (Å²) in [5.41, 5.74) is 0.0828. The van der Waals surface area contributed by atoms with Crippen LogP contribution >= 0.6 is 0 Å². The summed E-state index contributed by atoms with van der Waals surface area (Å²) in [5, 5.41) is 0.